The largest absolute Gasteiger partial charge is 0.387 e. The lowest BCUT2D eigenvalue weighted by Crippen LogP contribution is -2.46. The molecule has 0 spiro atoms. The summed E-state index contributed by atoms with van der Waals surface area (Å²) in [5.41, 5.74) is 2.45. The van der Waals surface area contributed by atoms with Gasteiger partial charge in [0.2, 0.25) is 5.91 Å². The third-order valence-corrected chi connectivity index (χ3v) is 5.33. The molecule has 3 heterocycles. The van der Waals surface area contributed by atoms with E-state index in [0.717, 1.165) is 24.0 Å². The van der Waals surface area contributed by atoms with Crippen LogP contribution in [0.1, 0.15) is 36.5 Å². The second-order valence-corrected chi connectivity index (χ2v) is 7.55. The number of aromatic nitrogens is 1. The standard InChI is InChI=1S/C22H24N4O3/c1-15-9-10-20(23-13-15)24-21(27)17-8-5-11-26(14-17)22(28)18-12-19(29-25-18)16-6-3-2-4-7-16/h2-4,6-7,9-10,13,17,19H,5,8,11-12,14H2,1H3,(H,23,24,27)/t17-,19+/m1/s1. The zero-order chi connectivity index (χ0) is 20.2. The van der Waals surface area contributed by atoms with Crippen LogP contribution >= 0.6 is 0 Å². The molecule has 2 aliphatic rings. The number of hydrogen-bond acceptors (Lipinski definition) is 5. The van der Waals surface area contributed by atoms with E-state index < -0.39 is 0 Å². The Balaban J connectivity index is 1.35. The molecule has 2 atom stereocenters. The number of oxime groups is 1. The van der Waals surface area contributed by atoms with E-state index in [1.54, 1.807) is 17.2 Å². The van der Waals surface area contributed by atoms with E-state index in [2.05, 4.69) is 15.5 Å². The van der Waals surface area contributed by atoms with Gasteiger partial charge in [0.15, 0.2) is 6.10 Å². The van der Waals surface area contributed by atoms with Crippen molar-refractivity contribution in [2.75, 3.05) is 18.4 Å². The first-order valence-corrected chi connectivity index (χ1v) is 9.90. The van der Waals surface area contributed by atoms with Gasteiger partial charge in [-0.3, -0.25) is 9.59 Å². The molecule has 2 aromatic rings. The quantitative estimate of drug-likeness (QED) is 0.867. The maximum Gasteiger partial charge on any atom is 0.271 e. The zero-order valence-electron chi connectivity index (χ0n) is 16.4. The van der Waals surface area contributed by atoms with Gasteiger partial charge in [0, 0.05) is 25.7 Å². The molecule has 7 nitrogen and oxygen atoms in total. The van der Waals surface area contributed by atoms with Crippen LogP contribution in [0.15, 0.2) is 53.8 Å². The average molecular weight is 392 g/mol. The summed E-state index contributed by atoms with van der Waals surface area (Å²) < 4.78 is 0. The van der Waals surface area contributed by atoms with E-state index >= 15 is 0 Å². The zero-order valence-corrected chi connectivity index (χ0v) is 16.4. The molecule has 0 aliphatic carbocycles. The van der Waals surface area contributed by atoms with Crippen LogP contribution in [0.25, 0.3) is 0 Å². The van der Waals surface area contributed by atoms with Gasteiger partial charge in [-0.2, -0.15) is 0 Å². The Morgan fingerprint density at radius 1 is 1.17 bits per heavy atom. The molecular weight excluding hydrogens is 368 g/mol. The van der Waals surface area contributed by atoms with Crippen LogP contribution in [0.4, 0.5) is 5.82 Å². The second kappa shape index (κ2) is 8.43. The Labute approximate surface area is 169 Å². The molecule has 1 aromatic heterocycles. The average Bonchev–Trinajstić information content (AvgIpc) is 3.26. The number of pyridine rings is 1. The molecule has 1 aromatic carbocycles. The minimum atomic E-state index is -0.261. The van der Waals surface area contributed by atoms with Crippen LogP contribution in [0.3, 0.4) is 0 Å². The number of amides is 2. The fourth-order valence-electron chi connectivity index (χ4n) is 3.68. The van der Waals surface area contributed by atoms with E-state index in [1.807, 2.05) is 43.3 Å². The van der Waals surface area contributed by atoms with Crippen molar-refractivity contribution in [2.45, 2.75) is 32.3 Å². The first kappa shape index (κ1) is 19.1. The topological polar surface area (TPSA) is 83.9 Å². The Kier molecular flexibility index (Phi) is 5.55. The first-order chi connectivity index (χ1) is 14.1. The highest BCUT2D eigenvalue weighted by molar-refractivity contribution is 6.39. The molecule has 0 unspecified atom stereocenters. The normalized spacial score (nSPS) is 21.3. The van der Waals surface area contributed by atoms with Crippen molar-refractivity contribution >= 4 is 23.3 Å². The van der Waals surface area contributed by atoms with Crippen molar-refractivity contribution < 1.29 is 14.4 Å². The van der Waals surface area contributed by atoms with Crippen LogP contribution < -0.4 is 5.32 Å². The summed E-state index contributed by atoms with van der Waals surface area (Å²) in [6.07, 6.45) is 3.46. The summed E-state index contributed by atoms with van der Waals surface area (Å²) in [4.78, 5) is 37.0. The fourth-order valence-corrected chi connectivity index (χ4v) is 3.68. The maximum atomic E-state index is 12.9. The molecule has 0 saturated carbocycles. The SMILES string of the molecule is Cc1ccc(NC(=O)[C@@H]2CCCN(C(=O)C3=NO[C@H](c4ccccc4)C3)C2)nc1. The van der Waals surface area contributed by atoms with Crippen molar-refractivity contribution in [3.05, 3.63) is 59.8 Å². The number of carbonyl (C=O) groups excluding carboxylic acids is 2. The number of piperidine rings is 1. The number of nitrogens with one attached hydrogen (secondary N) is 1. The third-order valence-electron chi connectivity index (χ3n) is 5.33. The smallest absolute Gasteiger partial charge is 0.271 e. The summed E-state index contributed by atoms with van der Waals surface area (Å²) in [5.74, 6) is 0.0204. The highest BCUT2D eigenvalue weighted by Crippen LogP contribution is 2.28. The fraction of sp³-hybridized carbons (Fsp3) is 0.364. The molecule has 2 amide bonds. The van der Waals surface area contributed by atoms with Gasteiger partial charge in [-0.25, -0.2) is 4.98 Å². The van der Waals surface area contributed by atoms with E-state index in [9.17, 15) is 9.59 Å². The van der Waals surface area contributed by atoms with Gasteiger partial charge in [-0.1, -0.05) is 41.6 Å². The lowest BCUT2D eigenvalue weighted by atomic mass is 9.96. The molecule has 4 rings (SSSR count). The van der Waals surface area contributed by atoms with Crippen LogP contribution in [-0.2, 0) is 14.4 Å². The van der Waals surface area contributed by atoms with Crippen molar-refractivity contribution in [1.29, 1.82) is 0 Å². The summed E-state index contributed by atoms with van der Waals surface area (Å²) in [7, 11) is 0. The summed E-state index contributed by atoms with van der Waals surface area (Å²) in [5, 5.41) is 6.88. The minimum absolute atomic E-state index is 0.106. The van der Waals surface area contributed by atoms with Crippen molar-refractivity contribution in [3.8, 4) is 0 Å². The molecule has 2 aliphatic heterocycles. The lowest BCUT2D eigenvalue weighted by molar-refractivity contribution is -0.128. The predicted molar refractivity (Wildman–Crippen MR) is 109 cm³/mol. The molecule has 7 heteroatoms. The molecular formula is C22H24N4O3. The Morgan fingerprint density at radius 3 is 2.76 bits per heavy atom. The third kappa shape index (κ3) is 4.45. The van der Waals surface area contributed by atoms with Gasteiger partial charge >= 0.3 is 0 Å². The first-order valence-electron chi connectivity index (χ1n) is 9.90. The van der Waals surface area contributed by atoms with E-state index in [4.69, 9.17) is 4.84 Å². The van der Waals surface area contributed by atoms with Crippen LogP contribution in [0, 0.1) is 12.8 Å². The number of benzene rings is 1. The number of nitrogens with zero attached hydrogens (tertiary/aromatic N) is 3. The molecule has 150 valence electrons. The maximum absolute atomic E-state index is 12.9. The van der Waals surface area contributed by atoms with Gasteiger partial charge in [-0.05, 0) is 37.0 Å². The summed E-state index contributed by atoms with van der Waals surface area (Å²) in [6, 6.07) is 13.4. The Bertz CT molecular complexity index is 911. The monoisotopic (exact) mass is 392 g/mol. The van der Waals surface area contributed by atoms with Gasteiger partial charge in [-0.15, -0.1) is 0 Å². The second-order valence-electron chi connectivity index (χ2n) is 7.55. The number of likely N-dealkylation sites (tertiary alicyclic amines) is 1. The lowest BCUT2D eigenvalue weighted by Gasteiger charge is -2.31. The van der Waals surface area contributed by atoms with E-state index in [1.165, 1.54) is 0 Å². The van der Waals surface area contributed by atoms with Gasteiger partial charge in [0.1, 0.15) is 11.5 Å². The number of aryl methyl sites for hydroxylation is 1. The van der Waals surface area contributed by atoms with Crippen molar-refractivity contribution in [1.82, 2.24) is 9.88 Å². The summed E-state index contributed by atoms with van der Waals surface area (Å²) >= 11 is 0. The number of anilines is 1. The van der Waals surface area contributed by atoms with Crippen molar-refractivity contribution in [2.24, 2.45) is 11.1 Å². The highest BCUT2D eigenvalue weighted by atomic mass is 16.6. The molecule has 0 radical (unpaired) electrons. The predicted octanol–water partition coefficient (Wildman–Crippen LogP) is 3.08. The number of rotatable bonds is 4. The molecule has 29 heavy (non-hydrogen) atoms. The van der Waals surface area contributed by atoms with Gasteiger partial charge in [0.05, 0.1) is 5.92 Å². The van der Waals surface area contributed by atoms with Crippen LogP contribution in [-0.4, -0.2) is 40.5 Å². The molecule has 1 fully saturated rings. The van der Waals surface area contributed by atoms with E-state index in [-0.39, 0.29) is 23.8 Å². The Morgan fingerprint density at radius 2 is 2.00 bits per heavy atom. The minimum Gasteiger partial charge on any atom is -0.387 e. The Hall–Kier alpha value is -3.22. The molecule has 1 saturated heterocycles. The summed E-state index contributed by atoms with van der Waals surface area (Å²) in [6.45, 7) is 2.95. The number of carbonyl (C=O) groups is 2. The number of hydrogen-bond donors (Lipinski definition) is 1. The van der Waals surface area contributed by atoms with Crippen molar-refractivity contribution in [3.63, 3.8) is 0 Å². The molecule has 0 bridgehead atoms. The highest BCUT2D eigenvalue weighted by Gasteiger charge is 2.34. The van der Waals surface area contributed by atoms with Crippen LogP contribution in [0.2, 0.25) is 0 Å². The van der Waals surface area contributed by atoms with Gasteiger partial charge < -0.3 is 15.1 Å². The van der Waals surface area contributed by atoms with Gasteiger partial charge in [0.25, 0.3) is 5.91 Å². The van der Waals surface area contributed by atoms with Crippen LogP contribution in [0.5, 0.6) is 0 Å². The molecule has 1 N–H and O–H groups in total. The van der Waals surface area contributed by atoms with E-state index in [0.29, 0.717) is 31.0 Å².